The quantitative estimate of drug-likeness (QED) is 0.114. The molecule has 3 rings (SSSR count). The lowest BCUT2D eigenvalue weighted by molar-refractivity contribution is -0.384. The van der Waals surface area contributed by atoms with Crippen molar-refractivity contribution in [1.82, 2.24) is 0 Å². The lowest BCUT2D eigenvalue weighted by Gasteiger charge is -2.23. The first-order valence-electron chi connectivity index (χ1n) is 10.7. The Morgan fingerprint density at radius 2 is 1.61 bits per heavy atom. The van der Waals surface area contributed by atoms with Gasteiger partial charge in [0.2, 0.25) is 0 Å². The number of azo groups is 1. The Hall–Kier alpha value is -4.36. The molecule has 0 bridgehead atoms. The lowest BCUT2D eigenvalue weighted by atomic mass is 10.1. The summed E-state index contributed by atoms with van der Waals surface area (Å²) in [4.78, 5) is 16.0. The van der Waals surface area contributed by atoms with Crippen molar-refractivity contribution in [3.05, 3.63) is 70.3 Å². The van der Waals surface area contributed by atoms with Gasteiger partial charge in [0.1, 0.15) is 22.9 Å². The van der Waals surface area contributed by atoms with Crippen molar-refractivity contribution in [3.63, 3.8) is 0 Å². The Morgan fingerprint density at radius 1 is 0.944 bits per heavy atom. The maximum absolute atomic E-state index is 11.2. The lowest BCUT2D eigenvalue weighted by Crippen LogP contribution is -2.21. The van der Waals surface area contributed by atoms with Gasteiger partial charge in [-0.1, -0.05) is 0 Å². The van der Waals surface area contributed by atoms with Crippen LogP contribution in [-0.4, -0.2) is 47.4 Å². The monoisotopic (exact) mass is 513 g/mol. The Bertz CT molecular complexity index is 1430. The molecule has 12 nitrogen and oxygen atoms in total. The SMILES string of the molecule is CCN(CC)c1cc(O)c(C=Nc2ccc([N+](=O)[O-])cc2O)cc1N=Nc1ccc(S(=O)(=O)O)cc1. The number of rotatable bonds is 9. The van der Waals surface area contributed by atoms with Gasteiger partial charge in [0.15, 0.2) is 0 Å². The van der Waals surface area contributed by atoms with Crippen molar-refractivity contribution in [2.24, 2.45) is 15.2 Å². The molecule has 0 aromatic heterocycles. The number of phenolic OH excluding ortho intramolecular Hbond substituents is 2. The van der Waals surface area contributed by atoms with Crippen molar-refractivity contribution < 1.29 is 28.1 Å². The second-order valence-electron chi connectivity index (χ2n) is 7.43. The molecule has 188 valence electrons. The van der Waals surface area contributed by atoms with Gasteiger partial charge >= 0.3 is 0 Å². The van der Waals surface area contributed by atoms with Crippen molar-refractivity contribution >= 4 is 44.8 Å². The summed E-state index contributed by atoms with van der Waals surface area (Å²) in [5.74, 6) is -0.508. The molecule has 3 N–H and O–H groups in total. The van der Waals surface area contributed by atoms with E-state index in [0.717, 1.165) is 6.07 Å². The highest BCUT2D eigenvalue weighted by Gasteiger charge is 2.14. The van der Waals surface area contributed by atoms with Crippen LogP contribution in [0.15, 0.2) is 74.7 Å². The summed E-state index contributed by atoms with van der Waals surface area (Å²) < 4.78 is 31.6. The molecule has 0 aliphatic rings. The van der Waals surface area contributed by atoms with Crippen LogP contribution in [0.25, 0.3) is 0 Å². The summed E-state index contributed by atoms with van der Waals surface area (Å²) in [6, 6.07) is 11.6. The Labute approximate surface area is 206 Å². The Kier molecular flexibility index (Phi) is 7.96. The number of nitrogens with zero attached hydrogens (tertiary/aromatic N) is 5. The molecule has 0 aliphatic heterocycles. The van der Waals surface area contributed by atoms with Crippen LogP contribution < -0.4 is 4.90 Å². The van der Waals surface area contributed by atoms with Gasteiger partial charge in [-0.05, 0) is 50.2 Å². The van der Waals surface area contributed by atoms with Crippen molar-refractivity contribution in [2.45, 2.75) is 18.7 Å². The molecular formula is C23H23N5O7S. The first-order valence-corrected chi connectivity index (χ1v) is 12.1. The van der Waals surface area contributed by atoms with Crippen LogP contribution in [0.5, 0.6) is 11.5 Å². The van der Waals surface area contributed by atoms with Crippen LogP contribution >= 0.6 is 0 Å². The number of hydrogen-bond acceptors (Lipinski definition) is 10. The molecule has 0 fully saturated rings. The van der Waals surface area contributed by atoms with E-state index in [1.165, 1.54) is 54.7 Å². The summed E-state index contributed by atoms with van der Waals surface area (Å²) in [5.41, 5.74) is 1.32. The smallest absolute Gasteiger partial charge is 0.294 e. The molecule has 0 unspecified atom stereocenters. The first kappa shape index (κ1) is 26.2. The third-order valence-corrected chi connectivity index (χ3v) is 6.02. The summed E-state index contributed by atoms with van der Waals surface area (Å²) in [5, 5.41) is 39.9. The standard InChI is InChI=1S/C23H23N5O7S/c1-3-27(4-2)21-13-22(29)15(14-24-19-10-7-17(28(31)32)12-23(19)30)11-20(21)26-25-16-5-8-18(9-6-16)36(33,34)35/h5-14,29-30H,3-4H2,1-2H3,(H,33,34,35). The molecule has 0 atom stereocenters. The number of phenols is 2. The largest absolute Gasteiger partial charge is 0.507 e. The maximum Gasteiger partial charge on any atom is 0.294 e. The predicted molar refractivity (Wildman–Crippen MR) is 134 cm³/mol. The van der Waals surface area contributed by atoms with Crippen LogP contribution in [0, 0.1) is 10.1 Å². The summed E-state index contributed by atoms with van der Waals surface area (Å²) in [7, 11) is -4.33. The zero-order chi connectivity index (χ0) is 26.5. The molecule has 0 heterocycles. The molecule has 0 saturated heterocycles. The highest BCUT2D eigenvalue weighted by atomic mass is 32.2. The molecule has 0 amide bonds. The number of non-ortho nitro benzene ring substituents is 1. The van der Waals surface area contributed by atoms with Gasteiger partial charge in [0.05, 0.1) is 27.3 Å². The van der Waals surface area contributed by atoms with Gasteiger partial charge in [-0.25, -0.2) is 0 Å². The van der Waals surface area contributed by atoms with Crippen molar-refractivity contribution in [3.8, 4) is 11.5 Å². The number of anilines is 1. The van der Waals surface area contributed by atoms with Gasteiger partial charge in [0.25, 0.3) is 15.8 Å². The third kappa shape index (κ3) is 6.20. The number of aliphatic imine (C=N–C) groups is 1. The van der Waals surface area contributed by atoms with E-state index in [-0.39, 0.29) is 27.6 Å². The summed E-state index contributed by atoms with van der Waals surface area (Å²) >= 11 is 0. The number of hydrogen-bond donors (Lipinski definition) is 3. The second kappa shape index (κ2) is 10.9. The fourth-order valence-electron chi connectivity index (χ4n) is 3.25. The third-order valence-electron chi connectivity index (χ3n) is 5.15. The second-order valence-corrected chi connectivity index (χ2v) is 8.85. The molecular weight excluding hydrogens is 490 g/mol. The fourth-order valence-corrected chi connectivity index (χ4v) is 3.73. The van der Waals surface area contributed by atoms with Crippen LogP contribution in [0.4, 0.5) is 28.4 Å². The predicted octanol–water partition coefficient (Wildman–Crippen LogP) is 5.26. The normalized spacial score (nSPS) is 11.9. The molecule has 0 spiro atoms. The van der Waals surface area contributed by atoms with E-state index >= 15 is 0 Å². The van der Waals surface area contributed by atoms with Gasteiger partial charge in [-0.15, -0.1) is 5.11 Å². The number of nitro benzene ring substituents is 1. The van der Waals surface area contributed by atoms with Gasteiger partial charge in [-0.2, -0.15) is 13.5 Å². The van der Waals surface area contributed by atoms with Crippen molar-refractivity contribution in [2.75, 3.05) is 18.0 Å². The minimum atomic E-state index is -4.33. The average Bonchev–Trinajstić information content (AvgIpc) is 2.83. The van der Waals surface area contributed by atoms with Crippen LogP contribution in [0.3, 0.4) is 0 Å². The summed E-state index contributed by atoms with van der Waals surface area (Å²) in [6.07, 6.45) is 1.28. The molecule has 36 heavy (non-hydrogen) atoms. The van der Waals surface area contributed by atoms with Crippen LogP contribution in [0.1, 0.15) is 19.4 Å². The Morgan fingerprint density at radius 3 is 2.17 bits per heavy atom. The van der Waals surface area contributed by atoms with E-state index in [0.29, 0.717) is 30.2 Å². The number of benzene rings is 3. The zero-order valence-electron chi connectivity index (χ0n) is 19.3. The number of aromatic hydroxyl groups is 2. The molecule has 0 saturated carbocycles. The summed E-state index contributed by atoms with van der Waals surface area (Å²) in [6.45, 7) is 5.10. The van der Waals surface area contributed by atoms with Crippen molar-refractivity contribution in [1.29, 1.82) is 0 Å². The topological polar surface area (TPSA) is 178 Å². The minimum Gasteiger partial charge on any atom is -0.507 e. The fraction of sp³-hybridized carbons (Fsp3) is 0.174. The van der Waals surface area contributed by atoms with Gasteiger partial charge in [-0.3, -0.25) is 19.7 Å². The van der Waals surface area contributed by atoms with Crippen LogP contribution in [-0.2, 0) is 10.1 Å². The molecule has 3 aromatic rings. The molecule has 13 heteroatoms. The minimum absolute atomic E-state index is 0.0647. The molecule has 0 radical (unpaired) electrons. The highest BCUT2D eigenvalue weighted by Crippen LogP contribution is 2.37. The van der Waals surface area contributed by atoms with E-state index in [9.17, 15) is 28.7 Å². The molecule has 3 aromatic carbocycles. The highest BCUT2D eigenvalue weighted by molar-refractivity contribution is 7.85. The van der Waals surface area contributed by atoms with E-state index in [2.05, 4.69) is 15.2 Å². The Balaban J connectivity index is 2.00. The first-order chi connectivity index (χ1) is 17.0. The van der Waals surface area contributed by atoms with Crippen LogP contribution in [0.2, 0.25) is 0 Å². The van der Waals surface area contributed by atoms with E-state index in [1.807, 2.05) is 18.7 Å². The van der Waals surface area contributed by atoms with E-state index < -0.39 is 20.8 Å². The average molecular weight is 514 g/mol. The van der Waals surface area contributed by atoms with Gasteiger partial charge in [0, 0.05) is 37.0 Å². The van der Waals surface area contributed by atoms with E-state index in [1.54, 1.807) is 0 Å². The van der Waals surface area contributed by atoms with Gasteiger partial charge < -0.3 is 15.1 Å². The maximum atomic E-state index is 11.2. The molecule has 0 aliphatic carbocycles. The number of nitro groups is 1. The van der Waals surface area contributed by atoms with E-state index in [4.69, 9.17) is 4.55 Å². The zero-order valence-corrected chi connectivity index (χ0v) is 20.1.